The van der Waals surface area contributed by atoms with Crippen LogP contribution in [0.1, 0.15) is 58.4 Å². The summed E-state index contributed by atoms with van der Waals surface area (Å²) in [5.74, 6) is 0.518. The van der Waals surface area contributed by atoms with Crippen molar-refractivity contribution in [2.24, 2.45) is 11.3 Å². The van der Waals surface area contributed by atoms with Crippen LogP contribution in [0.15, 0.2) is 52.5 Å². The summed E-state index contributed by atoms with van der Waals surface area (Å²) in [4.78, 5) is 12.7. The second-order valence-electron chi connectivity index (χ2n) is 7.46. The highest BCUT2D eigenvalue weighted by Crippen LogP contribution is 2.34. The van der Waals surface area contributed by atoms with Crippen LogP contribution in [0.2, 0.25) is 0 Å². The fraction of sp³-hybridized carbons (Fsp3) is 0.476. The Balaban J connectivity index is 2.34. The molecule has 0 spiro atoms. The summed E-state index contributed by atoms with van der Waals surface area (Å²) in [5, 5.41) is 0. The van der Waals surface area contributed by atoms with Gasteiger partial charge in [0.2, 0.25) is 0 Å². The number of hydrogen-bond acceptors (Lipinski definition) is 1. The van der Waals surface area contributed by atoms with Crippen LogP contribution in [-0.4, -0.2) is 5.78 Å². The number of hydrogen-bond donors (Lipinski definition) is 0. The zero-order valence-electron chi connectivity index (χ0n) is 14.6. The summed E-state index contributed by atoms with van der Waals surface area (Å²) in [6, 6.07) is 8.42. The van der Waals surface area contributed by atoms with E-state index in [0.717, 1.165) is 23.7 Å². The summed E-state index contributed by atoms with van der Waals surface area (Å²) in [7, 11) is 0. The average molecular weight is 375 g/mol. The van der Waals surface area contributed by atoms with Crippen LogP contribution in [0.4, 0.5) is 0 Å². The van der Waals surface area contributed by atoms with Crippen LogP contribution in [0.25, 0.3) is 0 Å². The van der Waals surface area contributed by atoms with Crippen molar-refractivity contribution in [3.05, 3.63) is 58.1 Å². The maximum atomic E-state index is 12.7. The normalized spacial score (nSPS) is 29.3. The van der Waals surface area contributed by atoms with Crippen molar-refractivity contribution in [2.75, 3.05) is 0 Å². The maximum absolute atomic E-state index is 12.7. The van der Waals surface area contributed by atoms with Crippen LogP contribution in [0, 0.1) is 11.3 Å². The quantitative estimate of drug-likeness (QED) is 0.516. The first-order valence-corrected chi connectivity index (χ1v) is 9.22. The van der Waals surface area contributed by atoms with Crippen molar-refractivity contribution in [1.29, 1.82) is 0 Å². The van der Waals surface area contributed by atoms with Crippen LogP contribution in [-0.2, 0) is 4.79 Å². The van der Waals surface area contributed by atoms with Gasteiger partial charge in [-0.3, -0.25) is 4.79 Å². The maximum Gasteiger partial charge on any atom is 0.158 e. The minimum atomic E-state index is 0.00845. The van der Waals surface area contributed by atoms with Crippen molar-refractivity contribution in [3.8, 4) is 0 Å². The molecule has 0 radical (unpaired) electrons. The third-order valence-electron chi connectivity index (χ3n) is 4.88. The highest BCUT2D eigenvalue weighted by Gasteiger charge is 2.25. The van der Waals surface area contributed by atoms with E-state index in [9.17, 15) is 4.79 Å². The minimum Gasteiger partial charge on any atom is -0.295 e. The van der Waals surface area contributed by atoms with E-state index in [-0.39, 0.29) is 23.0 Å². The molecule has 2 rings (SSSR count). The molecule has 2 heteroatoms. The highest BCUT2D eigenvalue weighted by atomic mass is 79.9. The molecule has 1 nitrogen and oxygen atoms in total. The molecule has 0 saturated carbocycles. The molecule has 124 valence electrons. The predicted octanol–water partition coefficient (Wildman–Crippen LogP) is 6.45. The summed E-state index contributed by atoms with van der Waals surface area (Å²) in [5.41, 5.74) is 2.72. The lowest BCUT2D eigenvalue weighted by molar-refractivity contribution is -0.118. The van der Waals surface area contributed by atoms with Crippen molar-refractivity contribution in [2.45, 2.75) is 52.9 Å². The van der Waals surface area contributed by atoms with Gasteiger partial charge in [0.15, 0.2) is 5.78 Å². The number of rotatable bonds is 1. The van der Waals surface area contributed by atoms with Gasteiger partial charge in [-0.1, -0.05) is 66.6 Å². The highest BCUT2D eigenvalue weighted by molar-refractivity contribution is 9.10. The van der Waals surface area contributed by atoms with Gasteiger partial charge in [-0.05, 0) is 61.3 Å². The summed E-state index contributed by atoms with van der Waals surface area (Å²) in [6.45, 7) is 8.66. The third kappa shape index (κ3) is 5.17. The lowest BCUT2D eigenvalue weighted by atomic mass is 9.80. The van der Waals surface area contributed by atoms with E-state index < -0.39 is 0 Å². The number of ketones is 1. The first-order chi connectivity index (χ1) is 10.8. The molecule has 0 fully saturated rings. The minimum absolute atomic E-state index is 0.00845. The van der Waals surface area contributed by atoms with Crippen molar-refractivity contribution in [1.82, 2.24) is 0 Å². The summed E-state index contributed by atoms with van der Waals surface area (Å²) in [6.07, 6.45) is 9.29. The summed E-state index contributed by atoms with van der Waals surface area (Å²) >= 11 is 3.49. The second-order valence-corrected chi connectivity index (χ2v) is 8.38. The molecule has 1 aliphatic carbocycles. The van der Waals surface area contributed by atoms with E-state index >= 15 is 0 Å². The van der Waals surface area contributed by atoms with E-state index in [0.29, 0.717) is 0 Å². The van der Waals surface area contributed by atoms with Crippen molar-refractivity contribution < 1.29 is 4.79 Å². The van der Waals surface area contributed by atoms with Gasteiger partial charge >= 0.3 is 0 Å². The lowest BCUT2D eigenvalue weighted by Gasteiger charge is -2.23. The monoisotopic (exact) mass is 374 g/mol. The summed E-state index contributed by atoms with van der Waals surface area (Å²) < 4.78 is 1.08. The van der Waals surface area contributed by atoms with Crippen LogP contribution in [0.5, 0.6) is 0 Å². The van der Waals surface area contributed by atoms with Crippen LogP contribution < -0.4 is 0 Å². The molecule has 1 aromatic rings. The number of benzene rings is 1. The van der Waals surface area contributed by atoms with Gasteiger partial charge in [-0.15, -0.1) is 0 Å². The average Bonchev–Trinajstić information content (AvgIpc) is 2.53. The molecule has 2 atom stereocenters. The van der Waals surface area contributed by atoms with Crippen LogP contribution in [0.3, 0.4) is 0 Å². The van der Waals surface area contributed by atoms with Crippen molar-refractivity contribution >= 4 is 21.7 Å². The molecular formula is C21H27BrO. The first kappa shape index (κ1) is 18.2. The molecule has 0 N–H and O–H groups in total. The Morgan fingerprint density at radius 1 is 1.17 bits per heavy atom. The molecule has 1 aromatic carbocycles. The fourth-order valence-electron chi connectivity index (χ4n) is 3.06. The molecule has 0 amide bonds. The van der Waals surface area contributed by atoms with E-state index in [1.54, 1.807) is 0 Å². The first-order valence-electron chi connectivity index (χ1n) is 8.43. The van der Waals surface area contributed by atoms with Gasteiger partial charge in [0.25, 0.3) is 0 Å². The molecule has 0 aliphatic heterocycles. The molecule has 23 heavy (non-hydrogen) atoms. The lowest BCUT2D eigenvalue weighted by Crippen LogP contribution is -2.18. The molecule has 0 heterocycles. The topological polar surface area (TPSA) is 17.1 Å². The number of halogens is 1. The smallest absolute Gasteiger partial charge is 0.158 e. The Hall–Kier alpha value is -1.15. The molecule has 1 unspecified atom stereocenters. The fourth-order valence-corrected chi connectivity index (χ4v) is 3.33. The Kier molecular flexibility index (Phi) is 6.02. The molecule has 0 bridgehead atoms. The molecule has 0 saturated heterocycles. The Bertz CT molecular complexity index is 607. The van der Waals surface area contributed by atoms with Gasteiger partial charge in [0.1, 0.15) is 0 Å². The van der Waals surface area contributed by atoms with E-state index in [2.05, 4.69) is 80.0 Å². The predicted molar refractivity (Wildman–Crippen MR) is 102 cm³/mol. The number of carbonyl (C=O) groups excluding carboxylic acids is 1. The van der Waals surface area contributed by atoms with E-state index in [4.69, 9.17) is 0 Å². The standard InChI is InChI=1S/C21H27BrO/c1-15-5-10-19(17-6-8-18(22)9-7-17)16(2)20(23)12-14-21(3,4)13-11-15/h6-9,11-12,14,16,19H,5,10,13H2,1-4H3/b14-12+,15-11+/t16-,19?/m1/s1. The SMILES string of the molecule is C/C1=C\CC(C)(C)/C=C/C(=O)[C@H](C)C(c2ccc(Br)cc2)CC1. The van der Waals surface area contributed by atoms with E-state index in [1.807, 2.05) is 6.08 Å². The Morgan fingerprint density at radius 2 is 1.83 bits per heavy atom. The van der Waals surface area contributed by atoms with Gasteiger partial charge in [-0.2, -0.15) is 0 Å². The number of allylic oxidation sites excluding steroid dienone is 4. The van der Waals surface area contributed by atoms with Crippen LogP contribution >= 0.6 is 15.9 Å². The number of carbonyl (C=O) groups is 1. The zero-order valence-corrected chi connectivity index (χ0v) is 16.2. The zero-order chi connectivity index (χ0) is 17.0. The molecular weight excluding hydrogens is 348 g/mol. The van der Waals surface area contributed by atoms with Gasteiger partial charge < -0.3 is 0 Å². The molecule has 0 aromatic heterocycles. The van der Waals surface area contributed by atoms with Gasteiger partial charge in [0.05, 0.1) is 0 Å². The Labute approximate surface area is 149 Å². The third-order valence-corrected chi connectivity index (χ3v) is 5.40. The molecule has 1 aliphatic rings. The van der Waals surface area contributed by atoms with Gasteiger partial charge in [0, 0.05) is 10.4 Å². The van der Waals surface area contributed by atoms with Gasteiger partial charge in [-0.25, -0.2) is 0 Å². The second kappa shape index (κ2) is 7.61. The Morgan fingerprint density at radius 3 is 2.48 bits per heavy atom. The largest absolute Gasteiger partial charge is 0.295 e. The van der Waals surface area contributed by atoms with Crippen molar-refractivity contribution in [3.63, 3.8) is 0 Å². The van der Waals surface area contributed by atoms with E-state index in [1.165, 1.54) is 11.1 Å².